The topological polar surface area (TPSA) is 68.2 Å². The van der Waals surface area contributed by atoms with E-state index in [0.717, 1.165) is 16.7 Å². The van der Waals surface area contributed by atoms with E-state index >= 15 is 0 Å². The Hall–Kier alpha value is -2.24. The van der Waals surface area contributed by atoms with Crippen molar-refractivity contribution >= 4 is 0 Å². The molecule has 3 rings (SSSR count). The summed E-state index contributed by atoms with van der Waals surface area (Å²) in [7, 11) is 3.14. The predicted molar refractivity (Wildman–Crippen MR) is 85.0 cm³/mol. The standard InChI is InChI=1S/C18H20O5/c1-18(11-4-6-12(19)7-5-11)16-13(14(20)10-23-18)8-9-15(21-2)17(16)22-3/h4-9,14,19-20H,10H2,1-3H3. The van der Waals surface area contributed by atoms with Gasteiger partial charge in [0.1, 0.15) is 17.5 Å². The molecule has 2 N–H and O–H groups in total. The Kier molecular flexibility index (Phi) is 3.92. The quantitative estimate of drug-likeness (QED) is 0.911. The second-order valence-electron chi connectivity index (χ2n) is 5.67. The zero-order chi connectivity index (χ0) is 16.6. The Balaban J connectivity index is 2.27. The van der Waals surface area contributed by atoms with Crippen LogP contribution in [0.4, 0.5) is 0 Å². The highest BCUT2D eigenvalue weighted by molar-refractivity contribution is 5.58. The van der Waals surface area contributed by atoms with Gasteiger partial charge in [-0.05, 0) is 36.2 Å². The van der Waals surface area contributed by atoms with Crippen LogP contribution < -0.4 is 9.47 Å². The number of fused-ring (bicyclic) bond motifs is 1. The van der Waals surface area contributed by atoms with Gasteiger partial charge in [-0.3, -0.25) is 0 Å². The zero-order valence-electron chi connectivity index (χ0n) is 13.4. The molecule has 0 amide bonds. The number of hydrogen-bond donors (Lipinski definition) is 2. The van der Waals surface area contributed by atoms with Crippen LogP contribution in [0.5, 0.6) is 17.2 Å². The van der Waals surface area contributed by atoms with E-state index in [1.54, 1.807) is 44.6 Å². The molecular weight excluding hydrogens is 296 g/mol. The number of aliphatic hydroxyl groups excluding tert-OH is 1. The maximum atomic E-state index is 10.3. The third-order valence-corrected chi connectivity index (χ3v) is 4.36. The lowest BCUT2D eigenvalue weighted by atomic mass is 9.80. The van der Waals surface area contributed by atoms with Gasteiger partial charge in [-0.25, -0.2) is 0 Å². The van der Waals surface area contributed by atoms with E-state index in [0.29, 0.717) is 11.5 Å². The van der Waals surface area contributed by atoms with Gasteiger partial charge in [0.05, 0.1) is 20.8 Å². The molecule has 0 fully saturated rings. The van der Waals surface area contributed by atoms with E-state index in [-0.39, 0.29) is 12.4 Å². The van der Waals surface area contributed by atoms with Crippen molar-refractivity contribution in [2.24, 2.45) is 0 Å². The smallest absolute Gasteiger partial charge is 0.167 e. The summed E-state index contributed by atoms with van der Waals surface area (Å²) in [6.07, 6.45) is -0.727. The molecule has 0 saturated heterocycles. The third kappa shape index (κ3) is 2.42. The third-order valence-electron chi connectivity index (χ3n) is 4.36. The Bertz CT molecular complexity index is 710. The van der Waals surface area contributed by atoms with Crippen molar-refractivity contribution in [2.75, 3.05) is 20.8 Å². The molecule has 122 valence electrons. The first kappa shape index (κ1) is 15.6. The van der Waals surface area contributed by atoms with Gasteiger partial charge in [0.2, 0.25) is 0 Å². The van der Waals surface area contributed by atoms with Gasteiger partial charge in [-0.1, -0.05) is 18.2 Å². The molecule has 0 saturated carbocycles. The highest BCUT2D eigenvalue weighted by atomic mass is 16.5. The summed E-state index contributed by atoms with van der Waals surface area (Å²) >= 11 is 0. The number of benzene rings is 2. The molecule has 0 bridgehead atoms. The molecule has 0 spiro atoms. The Morgan fingerprint density at radius 1 is 1.09 bits per heavy atom. The van der Waals surface area contributed by atoms with Gasteiger partial charge in [-0.2, -0.15) is 0 Å². The van der Waals surface area contributed by atoms with Gasteiger partial charge in [0, 0.05) is 5.56 Å². The average Bonchev–Trinajstić information content (AvgIpc) is 2.57. The lowest BCUT2D eigenvalue weighted by Gasteiger charge is -2.39. The van der Waals surface area contributed by atoms with Crippen molar-refractivity contribution in [2.45, 2.75) is 18.6 Å². The number of phenolic OH excluding ortho intramolecular Hbond substituents is 1. The van der Waals surface area contributed by atoms with Crippen molar-refractivity contribution in [3.63, 3.8) is 0 Å². The van der Waals surface area contributed by atoms with E-state index in [2.05, 4.69) is 0 Å². The first-order chi connectivity index (χ1) is 11.0. The molecular formula is C18H20O5. The second-order valence-corrected chi connectivity index (χ2v) is 5.67. The van der Waals surface area contributed by atoms with E-state index < -0.39 is 11.7 Å². The lowest BCUT2D eigenvalue weighted by Crippen LogP contribution is -2.36. The highest BCUT2D eigenvalue weighted by Gasteiger charge is 2.42. The summed E-state index contributed by atoms with van der Waals surface area (Å²) in [6.45, 7) is 2.10. The van der Waals surface area contributed by atoms with Crippen molar-refractivity contribution in [3.05, 3.63) is 53.1 Å². The fourth-order valence-corrected chi connectivity index (χ4v) is 3.13. The van der Waals surface area contributed by atoms with E-state index in [4.69, 9.17) is 14.2 Å². The molecule has 2 aromatic carbocycles. The number of aromatic hydroxyl groups is 1. The largest absolute Gasteiger partial charge is 0.508 e. The molecule has 0 aliphatic carbocycles. The Morgan fingerprint density at radius 2 is 1.78 bits per heavy atom. The van der Waals surface area contributed by atoms with Crippen LogP contribution in [0.3, 0.4) is 0 Å². The lowest BCUT2D eigenvalue weighted by molar-refractivity contribution is -0.0711. The number of rotatable bonds is 3. The number of methoxy groups -OCH3 is 2. The van der Waals surface area contributed by atoms with Crippen LogP contribution in [0.2, 0.25) is 0 Å². The monoisotopic (exact) mass is 316 g/mol. The number of aliphatic hydroxyl groups is 1. The zero-order valence-corrected chi connectivity index (χ0v) is 13.4. The fraction of sp³-hybridized carbons (Fsp3) is 0.333. The van der Waals surface area contributed by atoms with Crippen LogP contribution in [-0.2, 0) is 10.3 Å². The summed E-state index contributed by atoms with van der Waals surface area (Å²) in [4.78, 5) is 0. The fourth-order valence-electron chi connectivity index (χ4n) is 3.13. The van der Waals surface area contributed by atoms with E-state index in [9.17, 15) is 10.2 Å². The highest BCUT2D eigenvalue weighted by Crippen LogP contribution is 2.49. The van der Waals surface area contributed by atoms with Crippen molar-refractivity contribution < 1.29 is 24.4 Å². The van der Waals surface area contributed by atoms with E-state index in [1.165, 1.54) is 0 Å². The van der Waals surface area contributed by atoms with Gasteiger partial charge in [0.25, 0.3) is 0 Å². The average molecular weight is 316 g/mol. The minimum Gasteiger partial charge on any atom is -0.508 e. The van der Waals surface area contributed by atoms with E-state index in [1.807, 2.05) is 13.0 Å². The molecule has 0 radical (unpaired) electrons. The number of hydrogen-bond acceptors (Lipinski definition) is 5. The molecule has 0 aromatic heterocycles. The maximum Gasteiger partial charge on any atom is 0.167 e. The van der Waals surface area contributed by atoms with Crippen LogP contribution >= 0.6 is 0 Å². The molecule has 1 aliphatic heterocycles. The van der Waals surface area contributed by atoms with Crippen molar-refractivity contribution in [3.8, 4) is 17.2 Å². The number of ether oxygens (including phenoxy) is 3. The Labute approximate surface area is 135 Å². The minimum atomic E-state index is -0.817. The van der Waals surface area contributed by atoms with Gasteiger partial charge < -0.3 is 24.4 Å². The molecule has 1 heterocycles. The van der Waals surface area contributed by atoms with Crippen LogP contribution in [0.15, 0.2) is 36.4 Å². The first-order valence-electron chi connectivity index (χ1n) is 7.38. The van der Waals surface area contributed by atoms with Gasteiger partial charge >= 0.3 is 0 Å². The van der Waals surface area contributed by atoms with Crippen LogP contribution in [0.25, 0.3) is 0 Å². The molecule has 5 nitrogen and oxygen atoms in total. The summed E-state index contributed by atoms with van der Waals surface area (Å²) < 4.78 is 16.9. The second kappa shape index (κ2) is 5.76. The first-order valence-corrected chi connectivity index (χ1v) is 7.38. The van der Waals surface area contributed by atoms with Crippen LogP contribution in [0.1, 0.15) is 29.7 Å². The normalized spacial score (nSPS) is 23.2. The van der Waals surface area contributed by atoms with Crippen LogP contribution in [-0.4, -0.2) is 31.0 Å². The summed E-state index contributed by atoms with van der Waals surface area (Å²) in [5.74, 6) is 1.30. The predicted octanol–water partition coefficient (Wildman–Crippen LogP) is 2.74. The number of phenols is 1. The Morgan fingerprint density at radius 3 is 2.39 bits per heavy atom. The van der Waals surface area contributed by atoms with Gasteiger partial charge in [0.15, 0.2) is 11.5 Å². The summed E-state index contributed by atoms with van der Waals surface area (Å²) in [5.41, 5.74) is 1.53. The molecule has 1 aliphatic rings. The van der Waals surface area contributed by atoms with Crippen molar-refractivity contribution in [1.29, 1.82) is 0 Å². The molecule has 5 heteroatoms. The molecule has 2 atom stereocenters. The SMILES string of the molecule is COc1ccc2c(c1OC)C(C)(c1ccc(O)cc1)OCC2O. The minimum absolute atomic E-state index is 0.180. The van der Waals surface area contributed by atoms with Crippen LogP contribution in [0, 0.1) is 0 Å². The molecule has 23 heavy (non-hydrogen) atoms. The molecule has 2 unspecified atom stereocenters. The maximum absolute atomic E-state index is 10.3. The van der Waals surface area contributed by atoms with Crippen molar-refractivity contribution in [1.82, 2.24) is 0 Å². The molecule has 2 aromatic rings. The summed E-state index contributed by atoms with van der Waals surface area (Å²) in [6, 6.07) is 10.4. The summed E-state index contributed by atoms with van der Waals surface area (Å²) in [5, 5.41) is 19.8. The van der Waals surface area contributed by atoms with Gasteiger partial charge in [-0.15, -0.1) is 0 Å².